The number of para-hydroxylation sites is 1. The molecule has 0 aromatic heterocycles. The maximum atomic E-state index is 12.1. The second-order valence-corrected chi connectivity index (χ2v) is 3.61. The molecule has 0 amide bonds. The van der Waals surface area contributed by atoms with E-state index in [1.807, 2.05) is 6.92 Å². The number of ether oxygens (including phenoxy) is 1. The molecule has 1 rings (SSSR count). The predicted octanol–water partition coefficient (Wildman–Crippen LogP) is 4.09. The van der Waals surface area contributed by atoms with Crippen molar-refractivity contribution < 1.29 is 17.9 Å². The van der Waals surface area contributed by atoms with Crippen LogP contribution in [0, 0.1) is 0 Å². The van der Waals surface area contributed by atoms with Crippen molar-refractivity contribution in [1.82, 2.24) is 0 Å². The molecule has 0 atom stereocenters. The van der Waals surface area contributed by atoms with E-state index in [1.165, 1.54) is 12.1 Å². The summed E-state index contributed by atoms with van der Waals surface area (Å²) in [5.41, 5.74) is 1.48. The zero-order valence-corrected chi connectivity index (χ0v) is 8.97. The van der Waals surface area contributed by atoms with Crippen molar-refractivity contribution in [3.63, 3.8) is 0 Å². The van der Waals surface area contributed by atoms with Crippen molar-refractivity contribution in [2.75, 3.05) is 0 Å². The van der Waals surface area contributed by atoms with E-state index in [0.717, 1.165) is 5.57 Å². The summed E-state index contributed by atoms with van der Waals surface area (Å²) in [5, 5.41) is 0. The summed E-state index contributed by atoms with van der Waals surface area (Å²) in [7, 11) is 0. The van der Waals surface area contributed by atoms with E-state index in [1.54, 1.807) is 12.1 Å². The Hall–Kier alpha value is -1.45. The highest BCUT2D eigenvalue weighted by molar-refractivity contribution is 5.33. The minimum Gasteiger partial charge on any atom is -0.406 e. The molecule has 0 N–H and O–H groups in total. The highest BCUT2D eigenvalue weighted by Crippen LogP contribution is 2.27. The average Bonchev–Trinajstić information content (AvgIpc) is 2.14. The summed E-state index contributed by atoms with van der Waals surface area (Å²) in [6, 6.07) is 6.16. The molecule has 1 aromatic rings. The van der Waals surface area contributed by atoms with Crippen molar-refractivity contribution in [2.24, 2.45) is 0 Å². The third-order valence-electron chi connectivity index (χ3n) is 2.02. The number of aryl methyl sites for hydroxylation is 1. The molecule has 0 aliphatic heterocycles. The molecule has 0 bridgehead atoms. The predicted molar refractivity (Wildman–Crippen MR) is 56.3 cm³/mol. The Labute approximate surface area is 92.5 Å². The summed E-state index contributed by atoms with van der Waals surface area (Å²) in [4.78, 5) is 0. The van der Waals surface area contributed by atoms with Crippen LogP contribution in [0.2, 0.25) is 0 Å². The molecule has 0 saturated heterocycles. The minimum atomic E-state index is -4.64. The Kier molecular flexibility index (Phi) is 3.99. The Bertz CT molecular complexity index is 369. The number of benzene rings is 1. The number of rotatable bonds is 4. The van der Waals surface area contributed by atoms with Crippen molar-refractivity contribution in [3.05, 3.63) is 42.0 Å². The van der Waals surface area contributed by atoms with Gasteiger partial charge in [-0.2, -0.15) is 0 Å². The second-order valence-electron chi connectivity index (χ2n) is 3.61. The highest BCUT2D eigenvalue weighted by atomic mass is 19.4. The summed E-state index contributed by atoms with van der Waals surface area (Å²) < 4.78 is 40.2. The van der Waals surface area contributed by atoms with Crippen molar-refractivity contribution in [3.8, 4) is 5.75 Å². The van der Waals surface area contributed by atoms with E-state index < -0.39 is 6.36 Å². The van der Waals surface area contributed by atoms with E-state index in [2.05, 4.69) is 11.3 Å². The van der Waals surface area contributed by atoms with Gasteiger partial charge in [0.1, 0.15) is 5.75 Å². The van der Waals surface area contributed by atoms with Gasteiger partial charge in [0, 0.05) is 0 Å². The maximum Gasteiger partial charge on any atom is 0.573 e. The van der Waals surface area contributed by atoms with Gasteiger partial charge >= 0.3 is 6.36 Å². The number of halogens is 3. The van der Waals surface area contributed by atoms with Gasteiger partial charge in [-0.25, -0.2) is 0 Å². The van der Waals surface area contributed by atoms with Gasteiger partial charge in [0.2, 0.25) is 0 Å². The standard InChI is InChI=1S/C12H13F3O/c1-9(2)7-8-10-5-3-4-6-11(10)16-12(13,14)15/h3-6H,1,7-8H2,2H3. The third kappa shape index (κ3) is 4.38. The molecular formula is C12H13F3O. The number of hydrogen-bond donors (Lipinski definition) is 0. The molecule has 0 unspecified atom stereocenters. The molecule has 0 spiro atoms. The van der Waals surface area contributed by atoms with Crippen LogP contribution in [0.3, 0.4) is 0 Å². The molecule has 1 aromatic carbocycles. The van der Waals surface area contributed by atoms with E-state index in [-0.39, 0.29) is 5.75 Å². The van der Waals surface area contributed by atoms with E-state index in [0.29, 0.717) is 18.4 Å². The molecule has 0 aliphatic carbocycles. The lowest BCUT2D eigenvalue weighted by Crippen LogP contribution is -2.18. The fourth-order valence-electron chi connectivity index (χ4n) is 1.28. The van der Waals surface area contributed by atoms with E-state index in [9.17, 15) is 13.2 Å². The Morgan fingerprint density at radius 1 is 1.31 bits per heavy atom. The molecule has 4 heteroatoms. The first-order chi connectivity index (χ1) is 7.38. The summed E-state index contributed by atoms with van der Waals surface area (Å²) >= 11 is 0. The molecule has 88 valence electrons. The largest absolute Gasteiger partial charge is 0.573 e. The number of hydrogen-bond acceptors (Lipinski definition) is 1. The first kappa shape index (κ1) is 12.6. The van der Waals surface area contributed by atoms with Crippen molar-refractivity contribution >= 4 is 0 Å². The minimum absolute atomic E-state index is 0.128. The first-order valence-corrected chi connectivity index (χ1v) is 4.86. The lowest BCUT2D eigenvalue weighted by molar-refractivity contribution is -0.274. The monoisotopic (exact) mass is 230 g/mol. The smallest absolute Gasteiger partial charge is 0.406 e. The van der Waals surface area contributed by atoms with Gasteiger partial charge in [-0.1, -0.05) is 23.8 Å². The van der Waals surface area contributed by atoms with Crippen LogP contribution in [0.25, 0.3) is 0 Å². The van der Waals surface area contributed by atoms with Gasteiger partial charge in [0.25, 0.3) is 0 Å². The van der Waals surface area contributed by atoms with E-state index in [4.69, 9.17) is 0 Å². The van der Waals surface area contributed by atoms with Crippen LogP contribution in [0.1, 0.15) is 18.9 Å². The van der Waals surface area contributed by atoms with Crippen molar-refractivity contribution in [1.29, 1.82) is 0 Å². The van der Waals surface area contributed by atoms with Crippen LogP contribution in [-0.4, -0.2) is 6.36 Å². The summed E-state index contributed by atoms with van der Waals surface area (Å²) in [6.45, 7) is 5.55. The van der Waals surface area contributed by atoms with Crippen LogP contribution in [0.15, 0.2) is 36.4 Å². The summed E-state index contributed by atoms with van der Waals surface area (Å²) in [5.74, 6) is -0.128. The first-order valence-electron chi connectivity index (χ1n) is 4.86. The highest BCUT2D eigenvalue weighted by Gasteiger charge is 2.31. The van der Waals surface area contributed by atoms with Gasteiger partial charge in [-0.15, -0.1) is 19.8 Å². The third-order valence-corrected chi connectivity index (χ3v) is 2.02. The summed E-state index contributed by atoms with van der Waals surface area (Å²) in [6.07, 6.45) is -3.49. The topological polar surface area (TPSA) is 9.23 Å². The lowest BCUT2D eigenvalue weighted by Gasteiger charge is -2.12. The Balaban J connectivity index is 2.79. The van der Waals surface area contributed by atoms with Gasteiger partial charge in [0.15, 0.2) is 0 Å². The zero-order valence-electron chi connectivity index (χ0n) is 8.97. The molecule has 0 radical (unpaired) electrons. The van der Waals surface area contributed by atoms with Crippen LogP contribution in [0.5, 0.6) is 5.75 Å². The van der Waals surface area contributed by atoms with Crippen LogP contribution in [0.4, 0.5) is 13.2 Å². The fourth-order valence-corrected chi connectivity index (χ4v) is 1.28. The maximum absolute atomic E-state index is 12.1. The molecule has 16 heavy (non-hydrogen) atoms. The van der Waals surface area contributed by atoms with Crippen LogP contribution < -0.4 is 4.74 Å². The zero-order chi connectivity index (χ0) is 12.2. The molecule has 0 saturated carbocycles. The van der Waals surface area contributed by atoms with E-state index >= 15 is 0 Å². The molecule has 1 nitrogen and oxygen atoms in total. The number of allylic oxidation sites excluding steroid dienone is 1. The van der Waals surface area contributed by atoms with Gasteiger partial charge in [-0.05, 0) is 31.4 Å². The van der Waals surface area contributed by atoms with Crippen molar-refractivity contribution in [2.45, 2.75) is 26.1 Å². The molecule has 0 aliphatic rings. The van der Waals surface area contributed by atoms with Gasteiger partial charge in [-0.3, -0.25) is 0 Å². The lowest BCUT2D eigenvalue weighted by atomic mass is 10.1. The SMILES string of the molecule is C=C(C)CCc1ccccc1OC(F)(F)F. The molecular weight excluding hydrogens is 217 g/mol. The molecule has 0 fully saturated rings. The number of alkyl halides is 3. The van der Waals surface area contributed by atoms with Gasteiger partial charge in [0.05, 0.1) is 0 Å². The van der Waals surface area contributed by atoms with Crippen LogP contribution in [-0.2, 0) is 6.42 Å². The second kappa shape index (κ2) is 5.05. The molecule has 0 heterocycles. The Morgan fingerprint density at radius 3 is 2.50 bits per heavy atom. The van der Waals surface area contributed by atoms with Gasteiger partial charge < -0.3 is 4.74 Å². The fraction of sp³-hybridized carbons (Fsp3) is 0.333. The quantitative estimate of drug-likeness (QED) is 0.708. The average molecular weight is 230 g/mol. The normalized spacial score (nSPS) is 11.2. The Morgan fingerprint density at radius 2 is 1.94 bits per heavy atom. The van der Waals surface area contributed by atoms with Crippen LogP contribution >= 0.6 is 0 Å².